The molecule has 0 amide bonds. The van der Waals surface area contributed by atoms with Gasteiger partial charge in [0.1, 0.15) is 0 Å². The Labute approximate surface area is 214 Å². The van der Waals surface area contributed by atoms with Gasteiger partial charge in [-0.3, -0.25) is 0 Å². The summed E-state index contributed by atoms with van der Waals surface area (Å²) in [5, 5.41) is 0. The van der Waals surface area contributed by atoms with Crippen LogP contribution in [0.15, 0.2) is 0 Å². The lowest BCUT2D eigenvalue weighted by Gasteiger charge is -2.37. The van der Waals surface area contributed by atoms with E-state index in [2.05, 4.69) is 96.9 Å². The Balaban J connectivity index is -0.000000398. The zero-order valence-corrected chi connectivity index (χ0v) is 26.8. The van der Waals surface area contributed by atoms with Gasteiger partial charge in [0.2, 0.25) is 0 Å². The van der Waals surface area contributed by atoms with Gasteiger partial charge >= 0.3 is 0 Å². The first-order chi connectivity index (χ1) is 15.1. The maximum absolute atomic E-state index is 2.43. The molecule has 0 aromatic heterocycles. The predicted molar refractivity (Wildman–Crippen MR) is 158 cm³/mol. The molecule has 2 rings (SSSR count). The van der Waals surface area contributed by atoms with E-state index in [4.69, 9.17) is 0 Å². The molecule has 1 atom stereocenters. The lowest BCUT2D eigenvalue weighted by Crippen LogP contribution is -2.26. The standard InChI is InChI=1S/C14H30.C8H16.C6H12.C3H8.C2H6/c1-10(2)13(11(3)4)12(5)9-14(6,7)8;1-8(2,3)7-5-4-6-7;1-6-4-2-3-5-6;1-3-2;1-2/h10-13H,9H2,1-8H3;7H,4-6H2,1-3H3;6H,2-5H2,1H3;3H2,1-2H3;1-2H3. The highest BCUT2D eigenvalue weighted by Crippen LogP contribution is 2.40. The summed E-state index contributed by atoms with van der Waals surface area (Å²) in [5.41, 5.74) is 1.07. The highest BCUT2D eigenvalue weighted by atomic mass is 14.3. The Morgan fingerprint density at radius 2 is 1.03 bits per heavy atom. The van der Waals surface area contributed by atoms with Gasteiger partial charge in [-0.2, -0.15) is 0 Å². The third-order valence-electron chi connectivity index (χ3n) is 7.10. The molecule has 0 heteroatoms. The fourth-order valence-corrected chi connectivity index (χ4v) is 5.59. The molecule has 0 heterocycles. The minimum Gasteiger partial charge on any atom is -0.0683 e. The summed E-state index contributed by atoms with van der Waals surface area (Å²) in [6.07, 6.45) is 13.0. The Hall–Kier alpha value is 0. The quantitative estimate of drug-likeness (QED) is 0.384. The summed E-state index contributed by atoms with van der Waals surface area (Å²) < 4.78 is 0. The van der Waals surface area contributed by atoms with Gasteiger partial charge in [0.05, 0.1) is 0 Å². The fourth-order valence-electron chi connectivity index (χ4n) is 5.59. The first-order valence-electron chi connectivity index (χ1n) is 15.1. The van der Waals surface area contributed by atoms with Crippen LogP contribution in [0.2, 0.25) is 0 Å². The van der Waals surface area contributed by atoms with Gasteiger partial charge in [0.25, 0.3) is 0 Å². The molecule has 0 spiro atoms. The van der Waals surface area contributed by atoms with E-state index in [9.17, 15) is 0 Å². The van der Waals surface area contributed by atoms with Crippen LogP contribution in [0.25, 0.3) is 0 Å². The summed E-state index contributed by atoms with van der Waals surface area (Å²) in [7, 11) is 0. The van der Waals surface area contributed by atoms with Crippen LogP contribution in [0.3, 0.4) is 0 Å². The van der Waals surface area contributed by atoms with Crippen LogP contribution in [0, 0.1) is 46.3 Å². The predicted octanol–water partition coefficient (Wildman–Crippen LogP) is 12.5. The summed E-state index contributed by atoms with van der Waals surface area (Å²) in [4.78, 5) is 0. The van der Waals surface area contributed by atoms with Crippen LogP contribution in [0.4, 0.5) is 0 Å². The van der Waals surface area contributed by atoms with Crippen molar-refractivity contribution in [2.24, 2.45) is 46.3 Å². The highest BCUT2D eigenvalue weighted by molar-refractivity contribution is 4.80. The van der Waals surface area contributed by atoms with E-state index in [1.54, 1.807) is 0 Å². The second-order valence-electron chi connectivity index (χ2n) is 13.9. The van der Waals surface area contributed by atoms with Crippen LogP contribution in [0.1, 0.15) is 169 Å². The Morgan fingerprint density at radius 1 is 0.667 bits per heavy atom. The molecule has 0 aromatic rings. The average molecular weight is 469 g/mol. The molecular weight excluding hydrogens is 396 g/mol. The van der Waals surface area contributed by atoms with Gasteiger partial charge in [-0.25, -0.2) is 0 Å². The lowest BCUT2D eigenvalue weighted by molar-refractivity contribution is 0.141. The van der Waals surface area contributed by atoms with E-state index >= 15 is 0 Å². The van der Waals surface area contributed by atoms with Crippen molar-refractivity contribution in [3.05, 3.63) is 0 Å². The second kappa shape index (κ2) is 20.2. The molecular formula is C33H72. The molecule has 33 heavy (non-hydrogen) atoms. The third kappa shape index (κ3) is 22.2. The average Bonchev–Trinajstić information content (AvgIpc) is 3.04. The summed E-state index contributed by atoms with van der Waals surface area (Å²) in [6, 6.07) is 0. The first-order valence-corrected chi connectivity index (χ1v) is 15.1. The van der Waals surface area contributed by atoms with Gasteiger partial charge in [0, 0.05) is 0 Å². The minimum atomic E-state index is 0.474. The van der Waals surface area contributed by atoms with Crippen LogP contribution < -0.4 is 0 Å². The molecule has 2 fully saturated rings. The smallest absolute Gasteiger partial charge is 0.0342 e. The highest BCUT2D eigenvalue weighted by Gasteiger charge is 2.29. The van der Waals surface area contributed by atoms with Gasteiger partial charge < -0.3 is 0 Å². The molecule has 0 nitrogen and oxygen atoms in total. The largest absolute Gasteiger partial charge is 0.0683 e. The maximum Gasteiger partial charge on any atom is -0.0342 e. The minimum absolute atomic E-state index is 0.474. The van der Waals surface area contributed by atoms with E-state index < -0.39 is 0 Å². The Morgan fingerprint density at radius 3 is 1.15 bits per heavy atom. The van der Waals surface area contributed by atoms with Crippen LogP contribution in [-0.2, 0) is 0 Å². The summed E-state index contributed by atoms with van der Waals surface area (Å²) in [6.45, 7) is 36.6. The number of hydrogen-bond donors (Lipinski definition) is 0. The topological polar surface area (TPSA) is 0 Å². The molecule has 2 aliphatic carbocycles. The van der Waals surface area contributed by atoms with Crippen molar-refractivity contribution in [2.45, 2.75) is 169 Å². The molecule has 0 radical (unpaired) electrons. The van der Waals surface area contributed by atoms with E-state index in [0.717, 1.165) is 35.5 Å². The van der Waals surface area contributed by atoms with Gasteiger partial charge in [-0.15, -0.1) is 0 Å². The monoisotopic (exact) mass is 469 g/mol. The summed E-state index contributed by atoms with van der Waals surface area (Å²) >= 11 is 0. The van der Waals surface area contributed by atoms with Crippen LogP contribution >= 0.6 is 0 Å². The first kappa shape index (κ1) is 37.5. The molecule has 0 aliphatic heterocycles. The normalized spacial score (nSPS) is 17.5. The summed E-state index contributed by atoms with van der Waals surface area (Å²) in [5.74, 6) is 5.41. The molecule has 0 bridgehead atoms. The van der Waals surface area contributed by atoms with Crippen LogP contribution in [0.5, 0.6) is 0 Å². The third-order valence-corrected chi connectivity index (χ3v) is 7.10. The van der Waals surface area contributed by atoms with E-state index in [0.29, 0.717) is 10.8 Å². The Bertz CT molecular complexity index is 371. The van der Waals surface area contributed by atoms with Gasteiger partial charge in [0.15, 0.2) is 0 Å². The number of hydrogen-bond acceptors (Lipinski definition) is 0. The zero-order chi connectivity index (χ0) is 26.8. The second-order valence-corrected chi connectivity index (χ2v) is 13.9. The SMILES string of the molecule is CC.CC(C)(C)C1CCC1.CC(C)C(C(C)C)C(C)CC(C)(C)C.CC1CCCC1.CCC. The molecule has 1 unspecified atom stereocenters. The van der Waals surface area contributed by atoms with Crippen molar-refractivity contribution in [1.82, 2.24) is 0 Å². The fraction of sp³-hybridized carbons (Fsp3) is 1.00. The molecule has 2 saturated carbocycles. The van der Waals surface area contributed by atoms with Crippen molar-refractivity contribution >= 4 is 0 Å². The van der Waals surface area contributed by atoms with Crippen molar-refractivity contribution in [2.75, 3.05) is 0 Å². The molecule has 204 valence electrons. The maximum atomic E-state index is 2.43. The van der Waals surface area contributed by atoms with E-state index in [-0.39, 0.29) is 0 Å². The molecule has 0 aromatic carbocycles. The van der Waals surface area contributed by atoms with Crippen molar-refractivity contribution in [3.8, 4) is 0 Å². The zero-order valence-electron chi connectivity index (χ0n) is 26.8. The van der Waals surface area contributed by atoms with E-state index in [1.165, 1.54) is 57.8 Å². The van der Waals surface area contributed by atoms with E-state index in [1.807, 2.05) is 13.8 Å². The number of rotatable bonds is 4. The molecule has 2 aliphatic rings. The van der Waals surface area contributed by atoms with Crippen molar-refractivity contribution in [3.63, 3.8) is 0 Å². The lowest BCUT2D eigenvalue weighted by atomic mass is 9.69. The van der Waals surface area contributed by atoms with Crippen molar-refractivity contribution < 1.29 is 0 Å². The van der Waals surface area contributed by atoms with Crippen LogP contribution in [-0.4, -0.2) is 0 Å². The van der Waals surface area contributed by atoms with Gasteiger partial charge in [-0.1, -0.05) is 149 Å². The van der Waals surface area contributed by atoms with Crippen molar-refractivity contribution in [1.29, 1.82) is 0 Å². The Kier molecular flexibility index (Phi) is 23.0. The van der Waals surface area contributed by atoms with Gasteiger partial charge in [-0.05, 0) is 65.6 Å². The molecule has 0 saturated heterocycles. The molecule has 0 N–H and O–H groups in total.